The Bertz CT molecular complexity index is 1440. The van der Waals surface area contributed by atoms with E-state index in [1.807, 2.05) is 26.0 Å². The summed E-state index contributed by atoms with van der Waals surface area (Å²) in [6, 6.07) is 17.6. The lowest BCUT2D eigenvalue weighted by atomic mass is 10.1. The van der Waals surface area contributed by atoms with Crippen molar-refractivity contribution in [1.29, 1.82) is 0 Å². The second-order valence-corrected chi connectivity index (χ2v) is 12.2. The Labute approximate surface area is 248 Å². The van der Waals surface area contributed by atoms with Crippen LogP contribution >= 0.6 is 11.6 Å². The third kappa shape index (κ3) is 8.24. The molecule has 41 heavy (non-hydrogen) atoms. The molecule has 1 N–H and O–H groups in total. The lowest BCUT2D eigenvalue weighted by molar-refractivity contribution is -0.139. The van der Waals surface area contributed by atoms with Crippen molar-refractivity contribution in [3.8, 4) is 5.75 Å². The Kier molecular flexibility index (Phi) is 11.2. The zero-order valence-electron chi connectivity index (χ0n) is 24.2. The monoisotopic (exact) mass is 599 g/mol. The van der Waals surface area contributed by atoms with E-state index in [1.54, 1.807) is 63.4 Å². The zero-order chi connectivity index (χ0) is 30.2. The molecule has 3 aromatic rings. The first kappa shape index (κ1) is 32.0. The summed E-state index contributed by atoms with van der Waals surface area (Å²) in [5, 5.41) is 3.33. The van der Waals surface area contributed by atoms with Crippen LogP contribution in [0.3, 0.4) is 0 Å². The minimum absolute atomic E-state index is 0.0531. The highest BCUT2D eigenvalue weighted by Crippen LogP contribution is 2.29. The molecule has 10 heteroatoms. The molecule has 0 radical (unpaired) electrons. The molecule has 0 aliphatic carbocycles. The topological polar surface area (TPSA) is 96.0 Å². The number of ether oxygens (including phenoxy) is 1. The summed E-state index contributed by atoms with van der Waals surface area (Å²) in [7, 11) is -2.59. The molecule has 0 bridgehead atoms. The number of unbranched alkanes of at least 4 members (excludes halogenated alkanes) is 1. The van der Waals surface area contributed by atoms with Crippen LogP contribution in [0.5, 0.6) is 5.75 Å². The van der Waals surface area contributed by atoms with Crippen LogP contribution in [0.1, 0.15) is 43.4 Å². The molecule has 0 spiro atoms. The van der Waals surface area contributed by atoms with E-state index in [9.17, 15) is 18.0 Å². The average Bonchev–Trinajstić information content (AvgIpc) is 2.95. The van der Waals surface area contributed by atoms with E-state index in [1.165, 1.54) is 17.0 Å². The average molecular weight is 600 g/mol. The van der Waals surface area contributed by atoms with Gasteiger partial charge in [-0.3, -0.25) is 13.9 Å². The van der Waals surface area contributed by atoms with Gasteiger partial charge >= 0.3 is 0 Å². The van der Waals surface area contributed by atoms with Crippen molar-refractivity contribution in [2.75, 3.05) is 24.5 Å². The maximum absolute atomic E-state index is 14.0. The van der Waals surface area contributed by atoms with Crippen LogP contribution in [0.2, 0.25) is 5.02 Å². The molecule has 1 atom stereocenters. The van der Waals surface area contributed by atoms with E-state index in [2.05, 4.69) is 5.32 Å². The fraction of sp³-hybridized carbons (Fsp3) is 0.355. The van der Waals surface area contributed by atoms with Gasteiger partial charge in [0.1, 0.15) is 18.3 Å². The number of benzene rings is 3. The minimum Gasteiger partial charge on any atom is -0.497 e. The number of nitrogens with zero attached hydrogens (tertiary/aromatic N) is 2. The minimum atomic E-state index is -4.15. The van der Waals surface area contributed by atoms with E-state index in [-0.39, 0.29) is 17.3 Å². The van der Waals surface area contributed by atoms with Gasteiger partial charge in [-0.1, -0.05) is 54.8 Å². The normalized spacial score (nSPS) is 12.0. The lowest BCUT2D eigenvalue weighted by Crippen LogP contribution is -2.51. The highest BCUT2D eigenvalue weighted by atomic mass is 35.5. The number of anilines is 1. The fourth-order valence-corrected chi connectivity index (χ4v) is 6.00. The number of carbonyl (C=O) groups excluding carboxylic acids is 2. The maximum atomic E-state index is 14.0. The highest BCUT2D eigenvalue weighted by molar-refractivity contribution is 7.92. The number of halogens is 1. The van der Waals surface area contributed by atoms with Crippen molar-refractivity contribution >= 4 is 39.1 Å². The predicted octanol–water partition coefficient (Wildman–Crippen LogP) is 5.49. The van der Waals surface area contributed by atoms with Crippen molar-refractivity contribution in [2.24, 2.45) is 0 Å². The van der Waals surface area contributed by atoms with E-state index in [0.717, 1.165) is 28.3 Å². The van der Waals surface area contributed by atoms with E-state index in [0.29, 0.717) is 28.6 Å². The van der Waals surface area contributed by atoms with Gasteiger partial charge in [0.05, 0.1) is 17.7 Å². The van der Waals surface area contributed by atoms with Gasteiger partial charge in [0.15, 0.2) is 0 Å². The molecule has 0 fully saturated rings. The molecule has 220 valence electrons. The molecule has 0 saturated heterocycles. The molecule has 0 saturated carbocycles. The van der Waals surface area contributed by atoms with Crippen molar-refractivity contribution in [1.82, 2.24) is 10.2 Å². The first-order chi connectivity index (χ1) is 19.5. The number of hydrogen-bond acceptors (Lipinski definition) is 5. The molecule has 3 aromatic carbocycles. The Balaban J connectivity index is 2.03. The highest BCUT2D eigenvalue weighted by Gasteiger charge is 2.33. The number of rotatable bonds is 13. The summed E-state index contributed by atoms with van der Waals surface area (Å²) >= 11 is 6.17. The number of nitrogens with one attached hydrogen (secondary N) is 1. The van der Waals surface area contributed by atoms with E-state index < -0.39 is 28.5 Å². The Morgan fingerprint density at radius 3 is 2.24 bits per heavy atom. The Hall–Kier alpha value is -3.56. The summed E-state index contributed by atoms with van der Waals surface area (Å²) in [6.45, 7) is 7.35. The third-order valence-corrected chi connectivity index (χ3v) is 8.83. The van der Waals surface area contributed by atoms with Gasteiger partial charge in [-0.2, -0.15) is 0 Å². The summed E-state index contributed by atoms with van der Waals surface area (Å²) in [6.07, 6.45) is 1.72. The molecule has 0 aliphatic heterocycles. The molecule has 0 aromatic heterocycles. The zero-order valence-corrected chi connectivity index (χ0v) is 25.8. The number of methoxy groups -OCH3 is 1. The van der Waals surface area contributed by atoms with Gasteiger partial charge in [0, 0.05) is 18.1 Å². The SMILES string of the molecule is CCCCNC(=O)C(C)N(Cc1ccc(OC)cc1)C(=O)CN(c1ccc(Cl)cc1C)S(=O)(=O)c1ccc(C)cc1. The lowest BCUT2D eigenvalue weighted by Gasteiger charge is -2.32. The molecule has 2 amide bonds. The Morgan fingerprint density at radius 1 is 1.00 bits per heavy atom. The van der Waals surface area contributed by atoms with Crippen molar-refractivity contribution in [2.45, 2.75) is 58.0 Å². The van der Waals surface area contributed by atoms with Crippen molar-refractivity contribution in [3.63, 3.8) is 0 Å². The largest absolute Gasteiger partial charge is 0.497 e. The van der Waals surface area contributed by atoms with Gasteiger partial charge in [0.25, 0.3) is 10.0 Å². The van der Waals surface area contributed by atoms with Gasteiger partial charge in [-0.15, -0.1) is 0 Å². The number of aryl methyl sites for hydroxylation is 2. The van der Waals surface area contributed by atoms with Gasteiger partial charge in [-0.25, -0.2) is 8.42 Å². The summed E-state index contributed by atoms with van der Waals surface area (Å²) in [4.78, 5) is 28.6. The van der Waals surface area contributed by atoms with Crippen LogP contribution in [-0.2, 0) is 26.2 Å². The van der Waals surface area contributed by atoms with Crippen LogP contribution in [0.4, 0.5) is 5.69 Å². The summed E-state index contributed by atoms with van der Waals surface area (Å²) in [5.74, 6) is -0.175. The summed E-state index contributed by atoms with van der Waals surface area (Å²) in [5.41, 5.74) is 2.59. The second kappa shape index (κ2) is 14.4. The first-order valence-corrected chi connectivity index (χ1v) is 15.4. The molecular weight excluding hydrogens is 562 g/mol. The number of hydrogen-bond donors (Lipinski definition) is 1. The van der Waals surface area contributed by atoms with E-state index >= 15 is 0 Å². The van der Waals surface area contributed by atoms with Crippen LogP contribution in [-0.4, -0.2) is 51.4 Å². The smallest absolute Gasteiger partial charge is 0.264 e. The third-order valence-electron chi connectivity index (χ3n) is 6.82. The Morgan fingerprint density at radius 2 is 1.66 bits per heavy atom. The number of carbonyl (C=O) groups is 2. The summed E-state index contributed by atoms with van der Waals surface area (Å²) < 4.78 is 34.3. The molecule has 8 nitrogen and oxygen atoms in total. The van der Waals surface area contributed by atoms with Crippen LogP contribution in [0, 0.1) is 13.8 Å². The first-order valence-electron chi connectivity index (χ1n) is 13.5. The fourth-order valence-electron chi connectivity index (χ4n) is 4.30. The van der Waals surface area contributed by atoms with Crippen molar-refractivity contribution < 1.29 is 22.7 Å². The molecule has 3 rings (SSSR count). The quantitative estimate of drug-likeness (QED) is 0.262. The number of amides is 2. The van der Waals surface area contributed by atoms with Crippen LogP contribution in [0.15, 0.2) is 71.6 Å². The van der Waals surface area contributed by atoms with E-state index in [4.69, 9.17) is 16.3 Å². The number of sulfonamides is 1. The molecule has 1 unspecified atom stereocenters. The second-order valence-electron chi connectivity index (χ2n) is 9.95. The van der Waals surface area contributed by atoms with Gasteiger partial charge in [0.2, 0.25) is 11.8 Å². The van der Waals surface area contributed by atoms with Crippen LogP contribution < -0.4 is 14.4 Å². The molecular formula is C31H38ClN3O5S. The standard InChI is InChI=1S/C31H38ClN3O5S/c1-6-7-18-33-31(37)24(4)34(20-25-10-13-27(40-5)14-11-25)30(36)21-35(29-17-12-26(32)19-23(29)3)41(38,39)28-15-8-22(2)9-16-28/h8-17,19,24H,6-7,18,20-21H2,1-5H3,(H,33,37). The van der Waals surface area contributed by atoms with Gasteiger partial charge < -0.3 is 15.0 Å². The molecule has 0 aliphatic rings. The van der Waals surface area contributed by atoms with Crippen LogP contribution in [0.25, 0.3) is 0 Å². The predicted molar refractivity (Wildman–Crippen MR) is 163 cm³/mol. The van der Waals surface area contributed by atoms with Crippen molar-refractivity contribution in [3.05, 3.63) is 88.4 Å². The molecule has 0 heterocycles. The maximum Gasteiger partial charge on any atom is 0.264 e. The van der Waals surface area contributed by atoms with Gasteiger partial charge in [-0.05, 0) is 80.8 Å².